The van der Waals surface area contributed by atoms with Crippen molar-refractivity contribution in [3.05, 3.63) is 42.2 Å². The summed E-state index contributed by atoms with van der Waals surface area (Å²) in [6, 6.07) is 7.44. The summed E-state index contributed by atoms with van der Waals surface area (Å²) < 4.78 is 1.67. The highest BCUT2D eigenvalue weighted by Crippen LogP contribution is 2.31. The predicted molar refractivity (Wildman–Crippen MR) is 84.9 cm³/mol. The first kappa shape index (κ1) is 14.8. The lowest BCUT2D eigenvalue weighted by molar-refractivity contribution is 0.0870. The van der Waals surface area contributed by atoms with Crippen LogP contribution in [0.15, 0.2) is 36.7 Å². The molecule has 1 aromatic heterocycles. The number of hydrogen-bond acceptors (Lipinski definition) is 3. The van der Waals surface area contributed by atoms with Crippen LogP contribution in [0.4, 0.5) is 0 Å². The average Bonchev–Trinajstić information content (AvgIpc) is 3.05. The van der Waals surface area contributed by atoms with Crippen LogP contribution in [0.3, 0.4) is 0 Å². The Kier molecular flexibility index (Phi) is 3.96. The molecular formula is C17H22N4O. The molecule has 2 aromatic rings. The number of benzene rings is 1. The average molecular weight is 298 g/mol. The van der Waals surface area contributed by atoms with Crippen LogP contribution < -0.4 is 5.32 Å². The molecule has 0 atom stereocenters. The van der Waals surface area contributed by atoms with Crippen molar-refractivity contribution in [3.8, 4) is 5.69 Å². The van der Waals surface area contributed by atoms with E-state index in [-0.39, 0.29) is 11.4 Å². The molecule has 0 radical (unpaired) electrons. The highest BCUT2D eigenvalue weighted by molar-refractivity contribution is 5.94. The van der Waals surface area contributed by atoms with Gasteiger partial charge < -0.3 is 5.32 Å². The van der Waals surface area contributed by atoms with Gasteiger partial charge in [-0.1, -0.05) is 12.1 Å². The Morgan fingerprint density at radius 2 is 1.95 bits per heavy atom. The molecule has 22 heavy (non-hydrogen) atoms. The van der Waals surface area contributed by atoms with E-state index >= 15 is 0 Å². The minimum absolute atomic E-state index is 0.00203. The van der Waals surface area contributed by atoms with Crippen LogP contribution in [0.25, 0.3) is 5.69 Å². The number of carbonyl (C=O) groups is 1. The van der Waals surface area contributed by atoms with Crippen LogP contribution in [-0.2, 0) is 0 Å². The van der Waals surface area contributed by atoms with Crippen molar-refractivity contribution in [1.82, 2.24) is 20.3 Å². The molecule has 1 aromatic carbocycles. The molecular weight excluding hydrogens is 276 g/mol. The molecule has 1 saturated carbocycles. The first-order valence-electron chi connectivity index (χ1n) is 7.85. The van der Waals surface area contributed by atoms with Gasteiger partial charge in [-0.05, 0) is 62.8 Å². The Morgan fingerprint density at radius 1 is 1.27 bits per heavy atom. The van der Waals surface area contributed by atoms with E-state index in [2.05, 4.69) is 29.5 Å². The number of carbonyl (C=O) groups excluding carboxylic acids is 1. The van der Waals surface area contributed by atoms with Gasteiger partial charge in [0, 0.05) is 11.1 Å². The van der Waals surface area contributed by atoms with Crippen molar-refractivity contribution in [2.24, 2.45) is 5.92 Å². The minimum Gasteiger partial charge on any atom is -0.347 e. The van der Waals surface area contributed by atoms with E-state index in [9.17, 15) is 4.79 Å². The summed E-state index contributed by atoms with van der Waals surface area (Å²) >= 11 is 0. The second kappa shape index (κ2) is 5.91. The Hall–Kier alpha value is -2.17. The van der Waals surface area contributed by atoms with Crippen LogP contribution in [-0.4, -0.2) is 26.4 Å². The molecule has 0 aliphatic heterocycles. The molecule has 1 amide bonds. The van der Waals surface area contributed by atoms with E-state index in [1.807, 2.05) is 24.3 Å². The third kappa shape index (κ3) is 3.18. The fourth-order valence-electron chi connectivity index (χ4n) is 2.98. The van der Waals surface area contributed by atoms with Crippen molar-refractivity contribution in [2.75, 3.05) is 0 Å². The van der Waals surface area contributed by atoms with Crippen molar-refractivity contribution in [3.63, 3.8) is 0 Å². The lowest BCUT2D eigenvalue weighted by Crippen LogP contribution is -2.48. The summed E-state index contributed by atoms with van der Waals surface area (Å²) in [5, 5.41) is 10.9. The summed E-state index contributed by atoms with van der Waals surface area (Å²) in [6.07, 6.45) is 7.88. The molecule has 5 heteroatoms. The lowest BCUT2D eigenvalue weighted by Gasteiger charge is -2.37. The van der Waals surface area contributed by atoms with E-state index in [1.165, 1.54) is 12.8 Å². The molecule has 1 heterocycles. The number of nitrogens with one attached hydrogen (secondary N) is 1. The number of nitrogens with zero attached hydrogens (tertiary/aromatic N) is 3. The number of rotatable bonds is 3. The molecule has 116 valence electrons. The van der Waals surface area contributed by atoms with Crippen molar-refractivity contribution >= 4 is 5.91 Å². The van der Waals surface area contributed by atoms with E-state index in [4.69, 9.17) is 0 Å². The fraction of sp³-hybridized carbons (Fsp3) is 0.471. The molecule has 5 nitrogen and oxygen atoms in total. The summed E-state index contributed by atoms with van der Waals surface area (Å²) in [7, 11) is 0. The second-order valence-corrected chi connectivity index (χ2v) is 6.59. The molecule has 0 bridgehead atoms. The number of hydrogen-bond donors (Lipinski definition) is 1. The topological polar surface area (TPSA) is 59.8 Å². The standard InChI is InChI=1S/C17H22N4O/c1-13-7-9-17(2,10-8-13)19-16(22)14-3-5-15(6-4-14)21-12-11-18-20-21/h3-6,11-13H,7-10H2,1-2H3,(H,19,22). The lowest BCUT2D eigenvalue weighted by atomic mass is 9.78. The van der Waals surface area contributed by atoms with Crippen LogP contribution in [0.1, 0.15) is 49.9 Å². The van der Waals surface area contributed by atoms with Gasteiger partial charge in [0.1, 0.15) is 0 Å². The Labute approximate surface area is 130 Å². The van der Waals surface area contributed by atoms with Gasteiger partial charge in [0.25, 0.3) is 5.91 Å². The monoisotopic (exact) mass is 298 g/mol. The first-order valence-corrected chi connectivity index (χ1v) is 7.85. The highest BCUT2D eigenvalue weighted by atomic mass is 16.1. The molecule has 0 spiro atoms. The Balaban J connectivity index is 1.67. The Bertz CT molecular complexity index is 625. The van der Waals surface area contributed by atoms with Crippen molar-refractivity contribution < 1.29 is 4.79 Å². The third-order valence-corrected chi connectivity index (χ3v) is 4.61. The quantitative estimate of drug-likeness (QED) is 0.947. The van der Waals surface area contributed by atoms with E-state index < -0.39 is 0 Å². The van der Waals surface area contributed by atoms with E-state index in [1.54, 1.807) is 17.1 Å². The number of aromatic nitrogens is 3. The second-order valence-electron chi connectivity index (χ2n) is 6.59. The molecule has 1 fully saturated rings. The molecule has 1 aliphatic carbocycles. The molecule has 0 unspecified atom stereocenters. The van der Waals surface area contributed by atoms with Crippen molar-refractivity contribution in [1.29, 1.82) is 0 Å². The van der Waals surface area contributed by atoms with Crippen molar-refractivity contribution in [2.45, 2.75) is 45.1 Å². The van der Waals surface area contributed by atoms with Crippen LogP contribution in [0.5, 0.6) is 0 Å². The molecule has 1 N–H and O–H groups in total. The van der Waals surface area contributed by atoms with Gasteiger partial charge in [0.2, 0.25) is 0 Å². The maximum absolute atomic E-state index is 12.5. The molecule has 3 rings (SSSR count). The summed E-state index contributed by atoms with van der Waals surface area (Å²) in [6.45, 7) is 4.44. The zero-order valence-electron chi connectivity index (χ0n) is 13.1. The maximum atomic E-state index is 12.5. The van der Waals surface area contributed by atoms with Crippen LogP contribution >= 0.6 is 0 Å². The van der Waals surface area contributed by atoms with E-state index in [0.717, 1.165) is 24.4 Å². The Morgan fingerprint density at radius 3 is 2.55 bits per heavy atom. The van der Waals surface area contributed by atoms with Gasteiger partial charge in [0.15, 0.2) is 0 Å². The van der Waals surface area contributed by atoms with Crippen LogP contribution in [0.2, 0.25) is 0 Å². The highest BCUT2D eigenvalue weighted by Gasteiger charge is 2.31. The van der Waals surface area contributed by atoms with Crippen LogP contribution in [0, 0.1) is 5.92 Å². The summed E-state index contributed by atoms with van der Waals surface area (Å²) in [5.41, 5.74) is 1.50. The fourth-order valence-corrected chi connectivity index (χ4v) is 2.98. The van der Waals surface area contributed by atoms with Gasteiger partial charge in [-0.2, -0.15) is 0 Å². The van der Waals surface area contributed by atoms with Gasteiger partial charge in [-0.25, -0.2) is 4.68 Å². The van der Waals surface area contributed by atoms with Gasteiger partial charge >= 0.3 is 0 Å². The predicted octanol–water partition coefficient (Wildman–Crippen LogP) is 2.97. The van der Waals surface area contributed by atoms with Gasteiger partial charge in [0.05, 0.1) is 18.1 Å². The SMILES string of the molecule is CC1CCC(C)(NC(=O)c2ccc(-n3ccnn3)cc2)CC1. The summed E-state index contributed by atoms with van der Waals surface area (Å²) in [4.78, 5) is 12.5. The normalized spacial score (nSPS) is 24.9. The smallest absolute Gasteiger partial charge is 0.251 e. The largest absolute Gasteiger partial charge is 0.347 e. The first-order chi connectivity index (χ1) is 10.6. The third-order valence-electron chi connectivity index (χ3n) is 4.61. The zero-order chi connectivity index (χ0) is 15.6. The maximum Gasteiger partial charge on any atom is 0.251 e. The molecule has 1 aliphatic rings. The van der Waals surface area contributed by atoms with E-state index in [0.29, 0.717) is 5.56 Å². The zero-order valence-corrected chi connectivity index (χ0v) is 13.1. The minimum atomic E-state index is -0.0752. The molecule has 0 saturated heterocycles. The van der Waals surface area contributed by atoms with Gasteiger partial charge in [-0.3, -0.25) is 4.79 Å². The summed E-state index contributed by atoms with van der Waals surface area (Å²) in [5.74, 6) is 0.772. The number of amides is 1. The van der Waals surface area contributed by atoms with Gasteiger partial charge in [-0.15, -0.1) is 5.10 Å².